The second-order valence-electron chi connectivity index (χ2n) is 6.69. The van der Waals surface area contributed by atoms with Gasteiger partial charge in [-0.3, -0.25) is 0 Å². The summed E-state index contributed by atoms with van der Waals surface area (Å²) in [5.41, 5.74) is 0.739. The maximum atomic E-state index is 2.52. The average molecular weight is 238 g/mol. The van der Waals surface area contributed by atoms with Gasteiger partial charge in [0.15, 0.2) is 0 Å². The van der Waals surface area contributed by atoms with Crippen molar-refractivity contribution < 1.29 is 0 Å². The minimum Gasteiger partial charge on any atom is -0.0654 e. The first kappa shape index (κ1) is 15.1. The highest BCUT2D eigenvalue weighted by Gasteiger charge is 2.43. The molecule has 0 radical (unpaired) electrons. The monoisotopic (exact) mass is 238 g/mol. The fourth-order valence-corrected chi connectivity index (χ4v) is 3.90. The molecular weight excluding hydrogens is 204 g/mol. The Bertz CT molecular complexity index is 188. The Morgan fingerprint density at radius 2 is 1.59 bits per heavy atom. The van der Waals surface area contributed by atoms with E-state index in [1.54, 1.807) is 0 Å². The van der Waals surface area contributed by atoms with Crippen LogP contribution in [0.3, 0.4) is 0 Å². The molecule has 0 saturated heterocycles. The molecular formula is C17H34. The molecule has 0 nitrogen and oxygen atoms in total. The molecule has 0 spiro atoms. The highest BCUT2D eigenvalue weighted by molar-refractivity contribution is 4.94. The van der Waals surface area contributed by atoms with Crippen molar-refractivity contribution in [2.75, 3.05) is 0 Å². The molecule has 1 aliphatic carbocycles. The molecule has 1 aliphatic rings. The molecule has 0 aromatic carbocycles. The van der Waals surface area contributed by atoms with Crippen LogP contribution in [0, 0.1) is 17.3 Å². The lowest BCUT2D eigenvalue weighted by molar-refractivity contribution is -0.00168. The Labute approximate surface area is 110 Å². The molecule has 0 heterocycles. The van der Waals surface area contributed by atoms with Gasteiger partial charge < -0.3 is 0 Å². The topological polar surface area (TPSA) is 0 Å². The summed E-state index contributed by atoms with van der Waals surface area (Å²) >= 11 is 0. The van der Waals surface area contributed by atoms with Gasteiger partial charge >= 0.3 is 0 Å². The molecule has 1 atom stereocenters. The first-order chi connectivity index (χ1) is 8.14. The van der Waals surface area contributed by atoms with Crippen molar-refractivity contribution in [1.29, 1.82) is 0 Å². The summed E-state index contributed by atoms with van der Waals surface area (Å²) in [6.07, 6.45) is 14.6. The maximum absolute atomic E-state index is 2.52. The lowest BCUT2D eigenvalue weighted by Gasteiger charge is -2.51. The van der Waals surface area contributed by atoms with Gasteiger partial charge in [0.2, 0.25) is 0 Å². The van der Waals surface area contributed by atoms with E-state index in [4.69, 9.17) is 0 Å². The highest BCUT2D eigenvalue weighted by Crippen LogP contribution is 2.54. The van der Waals surface area contributed by atoms with Crippen molar-refractivity contribution in [3.05, 3.63) is 0 Å². The average Bonchev–Trinajstić information content (AvgIpc) is 2.29. The largest absolute Gasteiger partial charge is 0.0654 e. The Hall–Kier alpha value is 0. The molecule has 0 bridgehead atoms. The van der Waals surface area contributed by atoms with E-state index >= 15 is 0 Å². The van der Waals surface area contributed by atoms with Crippen molar-refractivity contribution in [3.8, 4) is 0 Å². The third kappa shape index (κ3) is 4.30. The van der Waals surface area contributed by atoms with E-state index in [0.717, 1.165) is 17.3 Å². The predicted molar refractivity (Wildman–Crippen MR) is 78.3 cm³/mol. The van der Waals surface area contributed by atoms with Crippen LogP contribution in [0.2, 0.25) is 0 Å². The van der Waals surface area contributed by atoms with Crippen LogP contribution in [0.25, 0.3) is 0 Å². The van der Waals surface area contributed by atoms with E-state index in [2.05, 4.69) is 27.7 Å². The maximum Gasteiger partial charge on any atom is -0.0269 e. The Kier molecular flexibility index (Phi) is 6.59. The van der Waals surface area contributed by atoms with E-state index in [1.807, 2.05) is 0 Å². The number of unbranched alkanes of at least 4 members (excludes halogenated alkanes) is 5. The van der Waals surface area contributed by atoms with E-state index in [9.17, 15) is 0 Å². The molecule has 1 fully saturated rings. The van der Waals surface area contributed by atoms with Crippen LogP contribution in [0.1, 0.15) is 91.9 Å². The van der Waals surface area contributed by atoms with E-state index in [-0.39, 0.29) is 0 Å². The predicted octanol–water partition coefficient (Wildman–Crippen LogP) is 6.20. The van der Waals surface area contributed by atoms with Crippen LogP contribution in [-0.2, 0) is 0 Å². The first-order valence-corrected chi connectivity index (χ1v) is 8.14. The molecule has 0 heteroatoms. The van der Waals surface area contributed by atoms with Crippen LogP contribution in [0.4, 0.5) is 0 Å². The molecule has 0 aromatic heterocycles. The number of hydrogen-bond donors (Lipinski definition) is 0. The van der Waals surface area contributed by atoms with Gasteiger partial charge in [0, 0.05) is 0 Å². The molecule has 0 aromatic rings. The van der Waals surface area contributed by atoms with Gasteiger partial charge in [-0.25, -0.2) is 0 Å². The summed E-state index contributed by atoms with van der Waals surface area (Å²) in [6, 6.07) is 0. The SMILES string of the molecule is CCCCCCCCC(C)C1(CC)CC(C)C1. The minimum absolute atomic E-state index is 0.739. The minimum atomic E-state index is 0.739. The normalized spacial score (nSPS) is 30.0. The highest BCUT2D eigenvalue weighted by atomic mass is 14.5. The molecule has 1 saturated carbocycles. The van der Waals surface area contributed by atoms with E-state index in [1.165, 1.54) is 64.2 Å². The Morgan fingerprint density at radius 3 is 2.12 bits per heavy atom. The Morgan fingerprint density at radius 1 is 1.00 bits per heavy atom. The van der Waals surface area contributed by atoms with Gasteiger partial charge in [-0.1, -0.05) is 79.1 Å². The zero-order valence-electron chi connectivity index (χ0n) is 12.7. The second-order valence-corrected chi connectivity index (χ2v) is 6.69. The van der Waals surface area contributed by atoms with Crippen LogP contribution in [0.5, 0.6) is 0 Å². The second kappa shape index (κ2) is 7.44. The summed E-state index contributed by atoms with van der Waals surface area (Å²) in [5.74, 6) is 1.97. The summed E-state index contributed by atoms with van der Waals surface area (Å²) in [5, 5.41) is 0. The standard InChI is InChI=1S/C17H34/c1-5-7-8-9-10-11-12-16(4)17(6-2)13-15(3)14-17/h15-16H,5-14H2,1-4H3. The summed E-state index contributed by atoms with van der Waals surface area (Å²) in [7, 11) is 0. The number of rotatable bonds is 9. The quantitative estimate of drug-likeness (QED) is 0.419. The zero-order chi connectivity index (χ0) is 12.7. The molecule has 0 aliphatic heterocycles. The lowest BCUT2D eigenvalue weighted by atomic mass is 9.55. The molecule has 102 valence electrons. The fraction of sp³-hybridized carbons (Fsp3) is 1.00. The van der Waals surface area contributed by atoms with E-state index in [0.29, 0.717) is 0 Å². The molecule has 1 rings (SSSR count). The van der Waals surface area contributed by atoms with Gasteiger partial charge in [0.25, 0.3) is 0 Å². The van der Waals surface area contributed by atoms with Crippen LogP contribution in [-0.4, -0.2) is 0 Å². The van der Waals surface area contributed by atoms with Gasteiger partial charge in [0.1, 0.15) is 0 Å². The summed E-state index contributed by atoms with van der Waals surface area (Å²) in [4.78, 5) is 0. The third-order valence-corrected chi connectivity index (χ3v) is 5.25. The van der Waals surface area contributed by atoms with Crippen molar-refractivity contribution in [2.24, 2.45) is 17.3 Å². The van der Waals surface area contributed by atoms with Crippen LogP contribution in [0.15, 0.2) is 0 Å². The summed E-state index contributed by atoms with van der Waals surface area (Å²) < 4.78 is 0. The Balaban J connectivity index is 2.10. The van der Waals surface area contributed by atoms with Gasteiger partial charge in [-0.15, -0.1) is 0 Å². The number of hydrogen-bond acceptors (Lipinski definition) is 0. The van der Waals surface area contributed by atoms with Gasteiger partial charge in [0.05, 0.1) is 0 Å². The summed E-state index contributed by atoms with van der Waals surface area (Å²) in [6.45, 7) is 9.64. The molecule has 1 unspecified atom stereocenters. The smallest absolute Gasteiger partial charge is 0.0269 e. The molecule has 17 heavy (non-hydrogen) atoms. The van der Waals surface area contributed by atoms with Gasteiger partial charge in [-0.05, 0) is 30.1 Å². The van der Waals surface area contributed by atoms with Crippen molar-refractivity contribution >= 4 is 0 Å². The van der Waals surface area contributed by atoms with Crippen LogP contribution < -0.4 is 0 Å². The van der Waals surface area contributed by atoms with Gasteiger partial charge in [-0.2, -0.15) is 0 Å². The van der Waals surface area contributed by atoms with Crippen molar-refractivity contribution in [2.45, 2.75) is 91.9 Å². The zero-order valence-corrected chi connectivity index (χ0v) is 12.7. The van der Waals surface area contributed by atoms with E-state index < -0.39 is 0 Å². The lowest BCUT2D eigenvalue weighted by Crippen LogP contribution is -2.40. The third-order valence-electron chi connectivity index (χ3n) is 5.25. The fourth-order valence-electron chi connectivity index (χ4n) is 3.90. The molecule has 0 amide bonds. The van der Waals surface area contributed by atoms with Crippen molar-refractivity contribution in [1.82, 2.24) is 0 Å². The van der Waals surface area contributed by atoms with Crippen LogP contribution >= 0.6 is 0 Å². The molecule has 0 N–H and O–H groups in total. The first-order valence-electron chi connectivity index (χ1n) is 8.14. The van der Waals surface area contributed by atoms with Crippen molar-refractivity contribution in [3.63, 3.8) is 0 Å².